The maximum absolute atomic E-state index is 11.1. The first kappa shape index (κ1) is 17.8. The van der Waals surface area contributed by atoms with Crippen LogP contribution in [0.3, 0.4) is 0 Å². The van der Waals surface area contributed by atoms with Gasteiger partial charge in [0.15, 0.2) is 0 Å². The van der Waals surface area contributed by atoms with Crippen LogP contribution in [0.5, 0.6) is 0 Å². The predicted octanol–water partition coefficient (Wildman–Crippen LogP) is 3.27. The van der Waals surface area contributed by atoms with Gasteiger partial charge in [0.05, 0.1) is 13.0 Å². The van der Waals surface area contributed by atoms with E-state index >= 15 is 0 Å². The Hall–Kier alpha value is -0.570. The van der Waals surface area contributed by atoms with Gasteiger partial charge in [0.2, 0.25) is 0 Å². The second-order valence-electron chi connectivity index (χ2n) is 3.26. The predicted molar refractivity (Wildman–Crippen MR) is 67.4 cm³/mol. The molecule has 1 aliphatic rings. The smallest absolute Gasteiger partial charge is 0.308 e. The van der Waals surface area contributed by atoms with E-state index < -0.39 is 0 Å². The molecule has 1 heterocycles. The minimum Gasteiger partial charge on any atom is -0.469 e. The Morgan fingerprint density at radius 3 is 2.00 bits per heavy atom. The highest BCUT2D eigenvalue weighted by Gasteiger charge is 2.26. The van der Waals surface area contributed by atoms with Crippen LogP contribution in [0.4, 0.5) is 0 Å². The van der Waals surface area contributed by atoms with Gasteiger partial charge in [-0.15, -0.1) is 0 Å². The van der Waals surface area contributed by atoms with E-state index in [9.17, 15) is 4.79 Å². The fraction of sp³-hybridized carbons (Fsp3) is 0.923. The van der Waals surface area contributed by atoms with Crippen LogP contribution in [0.25, 0.3) is 0 Å². The van der Waals surface area contributed by atoms with Crippen molar-refractivity contribution in [1.29, 1.82) is 0 Å². The molecular weight excluding hydrogens is 204 g/mol. The zero-order valence-electron chi connectivity index (χ0n) is 11.7. The zero-order valence-corrected chi connectivity index (χ0v) is 11.7. The maximum Gasteiger partial charge on any atom is 0.308 e. The van der Waals surface area contributed by atoms with Crippen LogP contribution in [0.1, 0.15) is 47.5 Å². The van der Waals surface area contributed by atoms with E-state index in [0.717, 1.165) is 26.1 Å². The molecule has 1 rings (SSSR count). The van der Waals surface area contributed by atoms with Crippen molar-refractivity contribution in [2.24, 2.45) is 11.8 Å². The van der Waals surface area contributed by atoms with Gasteiger partial charge >= 0.3 is 5.97 Å². The number of esters is 1. The highest BCUT2D eigenvalue weighted by molar-refractivity contribution is 5.72. The molecule has 1 unspecified atom stereocenters. The molecule has 3 heteroatoms. The van der Waals surface area contributed by atoms with E-state index in [1.54, 1.807) is 0 Å². The van der Waals surface area contributed by atoms with Crippen molar-refractivity contribution in [3.05, 3.63) is 0 Å². The van der Waals surface area contributed by atoms with Gasteiger partial charge in [-0.2, -0.15) is 0 Å². The van der Waals surface area contributed by atoms with Crippen molar-refractivity contribution in [2.75, 3.05) is 20.3 Å². The van der Waals surface area contributed by atoms with Gasteiger partial charge in [-0.3, -0.25) is 4.79 Å². The molecule has 1 fully saturated rings. The van der Waals surface area contributed by atoms with E-state index in [1.165, 1.54) is 7.11 Å². The van der Waals surface area contributed by atoms with Crippen molar-refractivity contribution in [2.45, 2.75) is 47.5 Å². The van der Waals surface area contributed by atoms with Crippen molar-refractivity contribution in [1.82, 2.24) is 0 Å². The number of carbonyl (C=O) groups excluding carboxylic acids is 1. The summed E-state index contributed by atoms with van der Waals surface area (Å²) in [4.78, 5) is 11.1. The fourth-order valence-corrected chi connectivity index (χ4v) is 1.59. The van der Waals surface area contributed by atoms with Crippen LogP contribution in [0.15, 0.2) is 0 Å². The lowest BCUT2D eigenvalue weighted by Crippen LogP contribution is -2.27. The van der Waals surface area contributed by atoms with Crippen LogP contribution >= 0.6 is 0 Å². The summed E-state index contributed by atoms with van der Waals surface area (Å²) < 4.78 is 9.90. The largest absolute Gasteiger partial charge is 0.469 e. The van der Waals surface area contributed by atoms with Gasteiger partial charge in [0.1, 0.15) is 0 Å². The second-order valence-corrected chi connectivity index (χ2v) is 3.26. The van der Waals surface area contributed by atoms with Crippen LogP contribution in [0.2, 0.25) is 0 Å². The molecule has 1 saturated heterocycles. The van der Waals surface area contributed by atoms with Gasteiger partial charge in [0.25, 0.3) is 0 Å². The summed E-state index contributed by atoms with van der Waals surface area (Å²) in [5.74, 6) is 0.381. The van der Waals surface area contributed by atoms with Crippen molar-refractivity contribution >= 4 is 5.97 Å². The lowest BCUT2D eigenvalue weighted by molar-refractivity contribution is -0.147. The summed E-state index contributed by atoms with van der Waals surface area (Å²) in [5, 5.41) is 0. The maximum atomic E-state index is 11.1. The molecule has 0 amide bonds. The molecule has 0 aromatic carbocycles. The molecular formula is C13H28O3. The number of ether oxygens (including phenoxy) is 2. The molecule has 0 N–H and O–H groups in total. The number of rotatable bonds is 2. The van der Waals surface area contributed by atoms with E-state index in [0.29, 0.717) is 5.92 Å². The van der Waals surface area contributed by atoms with Gasteiger partial charge in [-0.25, -0.2) is 0 Å². The SMILES string of the molecule is CC.CC.COC(=O)C(C)C1CCOCC1. The number of carbonyl (C=O) groups is 1. The van der Waals surface area contributed by atoms with Crippen molar-refractivity contribution in [3.8, 4) is 0 Å². The minimum atomic E-state index is -0.0955. The van der Waals surface area contributed by atoms with Crippen molar-refractivity contribution in [3.63, 3.8) is 0 Å². The Morgan fingerprint density at radius 2 is 1.62 bits per heavy atom. The summed E-state index contributed by atoms with van der Waals surface area (Å²) in [6.45, 7) is 11.5. The minimum absolute atomic E-state index is 0.0268. The molecule has 1 aliphatic heterocycles. The normalized spacial score (nSPS) is 17.1. The molecule has 0 aromatic heterocycles. The van der Waals surface area contributed by atoms with Gasteiger partial charge in [-0.05, 0) is 18.8 Å². The summed E-state index contributed by atoms with van der Waals surface area (Å²) in [6.07, 6.45) is 1.96. The topological polar surface area (TPSA) is 35.5 Å². The quantitative estimate of drug-likeness (QED) is 0.685. The average Bonchev–Trinajstić information content (AvgIpc) is 2.42. The fourth-order valence-electron chi connectivity index (χ4n) is 1.59. The van der Waals surface area contributed by atoms with Gasteiger partial charge in [-0.1, -0.05) is 34.6 Å². The Kier molecular flexibility index (Phi) is 13.9. The first-order valence-corrected chi connectivity index (χ1v) is 6.41. The third-order valence-electron chi connectivity index (χ3n) is 2.55. The zero-order chi connectivity index (χ0) is 13.0. The molecule has 1 atom stereocenters. The number of methoxy groups -OCH3 is 1. The van der Waals surface area contributed by atoms with Crippen LogP contribution in [-0.2, 0) is 14.3 Å². The monoisotopic (exact) mass is 232 g/mol. The summed E-state index contributed by atoms with van der Waals surface area (Å²) in [5.41, 5.74) is 0. The Labute approximate surface area is 101 Å². The molecule has 0 aliphatic carbocycles. The highest BCUT2D eigenvalue weighted by atomic mass is 16.5. The van der Waals surface area contributed by atoms with Crippen LogP contribution in [-0.4, -0.2) is 26.3 Å². The first-order chi connectivity index (χ1) is 7.75. The standard InChI is InChI=1S/C9H16O3.2C2H6/c1-7(9(10)11-2)8-3-5-12-6-4-8;2*1-2/h7-8H,3-6H2,1-2H3;2*1-2H3. The summed E-state index contributed by atoms with van der Waals surface area (Å²) in [7, 11) is 1.44. The molecule has 3 nitrogen and oxygen atoms in total. The second kappa shape index (κ2) is 12.5. The molecule has 0 bridgehead atoms. The first-order valence-electron chi connectivity index (χ1n) is 6.41. The van der Waals surface area contributed by atoms with Crippen LogP contribution in [0, 0.1) is 11.8 Å². The molecule has 0 radical (unpaired) electrons. The van der Waals surface area contributed by atoms with Gasteiger partial charge < -0.3 is 9.47 Å². The number of hydrogen-bond acceptors (Lipinski definition) is 3. The highest BCUT2D eigenvalue weighted by Crippen LogP contribution is 2.24. The molecule has 98 valence electrons. The number of hydrogen-bond donors (Lipinski definition) is 0. The van der Waals surface area contributed by atoms with E-state index in [2.05, 4.69) is 4.74 Å². The lowest BCUT2D eigenvalue weighted by atomic mass is 9.87. The van der Waals surface area contributed by atoms with Crippen LogP contribution < -0.4 is 0 Å². The Morgan fingerprint density at radius 1 is 1.19 bits per heavy atom. The molecule has 16 heavy (non-hydrogen) atoms. The van der Waals surface area contributed by atoms with E-state index in [-0.39, 0.29) is 11.9 Å². The Balaban J connectivity index is 0. The summed E-state index contributed by atoms with van der Waals surface area (Å²) in [6, 6.07) is 0. The van der Waals surface area contributed by atoms with E-state index in [4.69, 9.17) is 4.74 Å². The summed E-state index contributed by atoms with van der Waals surface area (Å²) >= 11 is 0. The third kappa shape index (κ3) is 6.83. The lowest BCUT2D eigenvalue weighted by Gasteiger charge is -2.25. The Bertz CT molecular complexity index is 151. The van der Waals surface area contributed by atoms with E-state index in [1.807, 2.05) is 34.6 Å². The molecule has 0 spiro atoms. The molecule has 0 saturated carbocycles. The average molecular weight is 232 g/mol. The third-order valence-corrected chi connectivity index (χ3v) is 2.55. The molecule has 0 aromatic rings. The van der Waals surface area contributed by atoms with Gasteiger partial charge in [0, 0.05) is 13.2 Å². The van der Waals surface area contributed by atoms with Crippen molar-refractivity contribution < 1.29 is 14.3 Å².